The molecule has 0 atom stereocenters. The fourth-order valence-electron chi connectivity index (χ4n) is 0.812. The van der Waals surface area contributed by atoms with E-state index < -0.39 is 0 Å². The Bertz CT molecular complexity index is 336. The molecular weight excluding hydrogens is 263 g/mol. The molecule has 0 unspecified atom stereocenters. The van der Waals surface area contributed by atoms with Crippen LogP contribution in [0, 0.1) is 0 Å². The molecule has 1 aromatic rings. The summed E-state index contributed by atoms with van der Waals surface area (Å²) in [6.45, 7) is 1.45. The van der Waals surface area contributed by atoms with Gasteiger partial charge in [0.05, 0.1) is 10.0 Å². The maximum absolute atomic E-state index is 11.0. The molecule has 0 aliphatic rings. The van der Waals surface area contributed by atoms with E-state index in [4.69, 9.17) is 23.2 Å². The van der Waals surface area contributed by atoms with Crippen LogP contribution < -0.4 is 0 Å². The van der Waals surface area contributed by atoms with E-state index in [2.05, 4.69) is 15.9 Å². The summed E-state index contributed by atoms with van der Waals surface area (Å²) in [4.78, 5) is 11.0. The van der Waals surface area contributed by atoms with Gasteiger partial charge < -0.3 is 0 Å². The maximum atomic E-state index is 11.0. The van der Waals surface area contributed by atoms with E-state index in [1.807, 2.05) is 0 Å². The van der Waals surface area contributed by atoms with Crippen LogP contribution in [0.3, 0.4) is 0 Å². The molecule has 1 nitrogen and oxygen atoms in total. The summed E-state index contributed by atoms with van der Waals surface area (Å²) in [5.41, 5.74) is 0.441. The molecule has 0 bridgehead atoms. The summed E-state index contributed by atoms with van der Waals surface area (Å²) in [5, 5.41) is 0.698. The molecule has 12 heavy (non-hydrogen) atoms. The molecule has 0 aromatic heterocycles. The van der Waals surface area contributed by atoms with Gasteiger partial charge in [0.1, 0.15) is 0 Å². The Morgan fingerprint density at radius 1 is 1.42 bits per heavy atom. The largest absolute Gasteiger partial charge is 0.294 e. The zero-order valence-corrected chi connectivity index (χ0v) is 9.29. The van der Waals surface area contributed by atoms with Crippen LogP contribution in [0.5, 0.6) is 0 Å². The van der Waals surface area contributed by atoms with E-state index in [1.54, 1.807) is 12.1 Å². The molecule has 0 aliphatic heterocycles. The number of hydrogen-bond donors (Lipinski definition) is 0. The zero-order chi connectivity index (χ0) is 9.30. The first kappa shape index (κ1) is 10.0. The molecule has 64 valence electrons. The molecule has 0 N–H and O–H groups in total. The second-order valence-electron chi connectivity index (χ2n) is 2.31. The lowest BCUT2D eigenvalue weighted by atomic mass is 10.1. The molecule has 0 aliphatic carbocycles. The third-order valence-corrected chi connectivity index (χ3v) is 2.63. The average Bonchev–Trinajstić information content (AvgIpc) is 1.96. The van der Waals surface area contributed by atoms with Gasteiger partial charge in [0.25, 0.3) is 0 Å². The lowest BCUT2D eigenvalue weighted by Crippen LogP contribution is -1.93. The van der Waals surface area contributed by atoms with Crippen LogP contribution in [-0.4, -0.2) is 5.78 Å². The van der Waals surface area contributed by atoms with Crippen LogP contribution >= 0.6 is 39.1 Å². The number of hydrogen-bond acceptors (Lipinski definition) is 1. The number of ketones is 1. The molecule has 4 heteroatoms. The minimum Gasteiger partial charge on any atom is -0.294 e. The van der Waals surface area contributed by atoms with Crippen molar-refractivity contribution in [3.63, 3.8) is 0 Å². The topological polar surface area (TPSA) is 17.1 Å². The van der Waals surface area contributed by atoms with Gasteiger partial charge in [0, 0.05) is 10.0 Å². The smallest absolute Gasteiger partial charge is 0.161 e. The van der Waals surface area contributed by atoms with E-state index in [9.17, 15) is 4.79 Å². The summed E-state index contributed by atoms with van der Waals surface area (Å²) < 4.78 is 0.752. The Hall–Kier alpha value is -0.0500. The van der Waals surface area contributed by atoms with Gasteiger partial charge in [-0.2, -0.15) is 0 Å². The average molecular weight is 268 g/mol. The first-order chi connectivity index (χ1) is 5.52. The van der Waals surface area contributed by atoms with Crippen molar-refractivity contribution in [2.24, 2.45) is 0 Å². The molecule has 0 fully saturated rings. The monoisotopic (exact) mass is 266 g/mol. The van der Waals surface area contributed by atoms with E-state index in [0.29, 0.717) is 15.6 Å². The number of carbonyl (C=O) groups excluding carboxylic acids is 1. The highest BCUT2D eigenvalue weighted by molar-refractivity contribution is 9.10. The van der Waals surface area contributed by atoms with Crippen molar-refractivity contribution in [2.75, 3.05) is 0 Å². The van der Waals surface area contributed by atoms with Crippen molar-refractivity contribution in [1.82, 2.24) is 0 Å². The highest BCUT2D eigenvalue weighted by Crippen LogP contribution is 2.29. The minimum atomic E-state index is -0.0943. The molecule has 0 spiro atoms. The zero-order valence-electron chi connectivity index (χ0n) is 6.20. The number of carbonyl (C=O) groups is 1. The van der Waals surface area contributed by atoms with Gasteiger partial charge in [-0.15, -0.1) is 0 Å². The van der Waals surface area contributed by atoms with Gasteiger partial charge >= 0.3 is 0 Å². The second-order valence-corrected chi connectivity index (χ2v) is 4.01. The molecule has 0 heterocycles. The Kier molecular flexibility index (Phi) is 3.16. The van der Waals surface area contributed by atoms with Crippen LogP contribution in [0.2, 0.25) is 10.0 Å². The van der Waals surface area contributed by atoms with Crippen LogP contribution in [0.4, 0.5) is 0 Å². The normalized spacial score (nSPS) is 10.0. The van der Waals surface area contributed by atoms with Gasteiger partial charge in [0.2, 0.25) is 0 Å². The standard InChI is InChI=1S/C8H5BrCl2O/c1-4(12)6-2-5(9)3-7(10)8(6)11/h2-3H,1H3. The molecule has 1 rings (SSSR count). The molecule has 0 radical (unpaired) electrons. The highest BCUT2D eigenvalue weighted by atomic mass is 79.9. The van der Waals surface area contributed by atoms with Crippen LogP contribution in [0.25, 0.3) is 0 Å². The van der Waals surface area contributed by atoms with E-state index >= 15 is 0 Å². The van der Waals surface area contributed by atoms with Crippen molar-refractivity contribution in [1.29, 1.82) is 0 Å². The van der Waals surface area contributed by atoms with Gasteiger partial charge in [-0.25, -0.2) is 0 Å². The third kappa shape index (κ3) is 2.00. The van der Waals surface area contributed by atoms with E-state index in [1.165, 1.54) is 6.92 Å². The SMILES string of the molecule is CC(=O)c1cc(Br)cc(Cl)c1Cl. The predicted molar refractivity (Wildman–Crippen MR) is 54.2 cm³/mol. The Morgan fingerprint density at radius 3 is 2.50 bits per heavy atom. The summed E-state index contributed by atoms with van der Waals surface area (Å²) >= 11 is 14.8. The maximum Gasteiger partial charge on any atom is 0.161 e. The Balaban J connectivity index is 3.37. The van der Waals surface area contributed by atoms with Crippen molar-refractivity contribution in [3.8, 4) is 0 Å². The third-order valence-electron chi connectivity index (χ3n) is 1.37. The van der Waals surface area contributed by atoms with Crippen molar-refractivity contribution in [2.45, 2.75) is 6.92 Å². The van der Waals surface area contributed by atoms with E-state index in [-0.39, 0.29) is 5.78 Å². The van der Waals surface area contributed by atoms with Gasteiger partial charge in [0.15, 0.2) is 5.78 Å². The summed E-state index contributed by atoms with van der Waals surface area (Å²) in [7, 11) is 0. The molecule has 0 saturated heterocycles. The summed E-state index contributed by atoms with van der Waals surface area (Å²) in [5.74, 6) is -0.0943. The lowest BCUT2D eigenvalue weighted by Gasteiger charge is -2.02. The molecule has 0 amide bonds. The minimum absolute atomic E-state index is 0.0943. The number of Topliss-reactive ketones (excluding diaryl/α,β-unsaturated/α-hetero) is 1. The fourth-order valence-corrected chi connectivity index (χ4v) is 1.86. The first-order valence-electron chi connectivity index (χ1n) is 3.18. The highest BCUT2D eigenvalue weighted by Gasteiger charge is 2.09. The second kappa shape index (κ2) is 3.77. The Labute approximate surface area is 88.8 Å². The molecule has 1 aromatic carbocycles. The van der Waals surface area contributed by atoms with Crippen LogP contribution in [0.1, 0.15) is 17.3 Å². The van der Waals surface area contributed by atoms with Crippen molar-refractivity contribution >= 4 is 44.9 Å². The van der Waals surface area contributed by atoms with Gasteiger partial charge in [-0.05, 0) is 19.1 Å². The lowest BCUT2D eigenvalue weighted by molar-refractivity contribution is 0.101. The van der Waals surface area contributed by atoms with Crippen molar-refractivity contribution in [3.05, 3.63) is 32.2 Å². The fraction of sp³-hybridized carbons (Fsp3) is 0.125. The number of rotatable bonds is 1. The quantitative estimate of drug-likeness (QED) is 0.556. The first-order valence-corrected chi connectivity index (χ1v) is 4.72. The Morgan fingerprint density at radius 2 is 2.00 bits per heavy atom. The van der Waals surface area contributed by atoms with Crippen LogP contribution in [0.15, 0.2) is 16.6 Å². The van der Waals surface area contributed by atoms with E-state index in [0.717, 1.165) is 4.47 Å². The van der Waals surface area contributed by atoms with Crippen LogP contribution in [-0.2, 0) is 0 Å². The summed E-state index contributed by atoms with van der Waals surface area (Å²) in [6.07, 6.45) is 0. The van der Waals surface area contributed by atoms with Crippen molar-refractivity contribution < 1.29 is 4.79 Å². The summed E-state index contributed by atoms with van der Waals surface area (Å²) in [6, 6.07) is 3.30. The van der Waals surface area contributed by atoms with Gasteiger partial charge in [-0.1, -0.05) is 39.1 Å². The predicted octanol–water partition coefficient (Wildman–Crippen LogP) is 3.96. The van der Waals surface area contributed by atoms with Gasteiger partial charge in [-0.3, -0.25) is 4.79 Å². The molecular formula is C8H5BrCl2O. The molecule has 0 saturated carbocycles. The number of halogens is 3. The number of benzene rings is 1.